The minimum absolute atomic E-state index is 0.00314. The Morgan fingerprint density at radius 2 is 1.49 bits per heavy atom. The second-order valence-corrected chi connectivity index (χ2v) is 14.5. The van der Waals surface area contributed by atoms with E-state index in [2.05, 4.69) is 15.0 Å². The van der Waals surface area contributed by atoms with E-state index in [0.29, 0.717) is 11.0 Å². The molecule has 0 bridgehead atoms. The van der Waals surface area contributed by atoms with Crippen molar-refractivity contribution in [2.75, 3.05) is 46.2 Å². The molecule has 0 aliphatic carbocycles. The van der Waals surface area contributed by atoms with E-state index in [0.717, 1.165) is 32.5 Å². The highest BCUT2D eigenvalue weighted by Gasteiger charge is 2.43. The number of anilines is 1. The van der Waals surface area contributed by atoms with E-state index in [-0.39, 0.29) is 42.0 Å². The van der Waals surface area contributed by atoms with Gasteiger partial charge in [-0.2, -0.15) is 4.31 Å². The second-order valence-electron chi connectivity index (χ2n) is 10.8. The van der Waals surface area contributed by atoms with Gasteiger partial charge in [-0.3, -0.25) is 14.6 Å². The van der Waals surface area contributed by atoms with Crippen LogP contribution in [-0.2, 0) is 19.6 Å². The van der Waals surface area contributed by atoms with Gasteiger partial charge in [0, 0.05) is 94.2 Å². The number of rotatable bonds is 8. The molecule has 0 radical (unpaired) electrons. The number of fused-ring (bicyclic) bond motifs is 1. The van der Waals surface area contributed by atoms with E-state index >= 15 is 0 Å². The number of hydrogen-bond acceptors (Lipinski definition) is 9. The number of hydrogen-bond donors (Lipinski definition) is 0. The maximum atomic E-state index is 14.1. The highest BCUT2D eigenvalue weighted by Crippen LogP contribution is 2.35. The summed E-state index contributed by atoms with van der Waals surface area (Å²) < 4.78 is 30.5. The van der Waals surface area contributed by atoms with Crippen LogP contribution in [0.25, 0.3) is 21.2 Å². The van der Waals surface area contributed by atoms with Crippen molar-refractivity contribution in [3.05, 3.63) is 66.2 Å². The average Bonchev–Trinajstić information content (AvgIpc) is 3.42. The van der Waals surface area contributed by atoms with Gasteiger partial charge in [-0.25, -0.2) is 18.4 Å². The summed E-state index contributed by atoms with van der Waals surface area (Å²) in [6, 6.07) is 9.32. The van der Waals surface area contributed by atoms with Gasteiger partial charge in [-0.15, -0.1) is 11.3 Å². The van der Waals surface area contributed by atoms with Gasteiger partial charge in [0.05, 0.1) is 12.1 Å². The number of amides is 2. The molecular weight excluding hydrogens is 610 g/mol. The third-order valence-electron chi connectivity index (χ3n) is 7.37. The van der Waals surface area contributed by atoms with Gasteiger partial charge in [0.15, 0.2) is 0 Å². The Morgan fingerprint density at radius 3 is 2.05 bits per heavy atom. The Kier molecular flexibility index (Phi) is 8.97. The Morgan fingerprint density at radius 1 is 0.907 bits per heavy atom. The zero-order valence-electron chi connectivity index (χ0n) is 24.2. The molecule has 4 heterocycles. The number of halogens is 1. The zero-order chi connectivity index (χ0) is 30.9. The number of sulfonamides is 1. The topological polar surface area (TPSA) is 120 Å². The van der Waals surface area contributed by atoms with E-state index in [4.69, 9.17) is 11.6 Å². The van der Waals surface area contributed by atoms with Gasteiger partial charge in [-0.1, -0.05) is 17.7 Å². The second kappa shape index (κ2) is 12.5. The predicted molar refractivity (Wildman–Crippen MR) is 168 cm³/mol. The first kappa shape index (κ1) is 30.8. The molecule has 1 aliphatic heterocycles. The molecule has 3 aromatic heterocycles. The molecular formula is C29H32ClN7O4S2. The number of aromatic nitrogens is 3. The fraction of sp³-hybridized carbons (Fsp3) is 0.345. The summed E-state index contributed by atoms with van der Waals surface area (Å²) in [6.07, 6.45) is 6.73. The summed E-state index contributed by atoms with van der Waals surface area (Å²) >= 11 is 7.29. The van der Waals surface area contributed by atoms with Gasteiger partial charge in [0.2, 0.25) is 17.8 Å². The molecule has 1 aliphatic rings. The lowest BCUT2D eigenvalue weighted by Crippen LogP contribution is -2.62. The van der Waals surface area contributed by atoms with Crippen molar-refractivity contribution in [3.8, 4) is 11.1 Å². The third kappa shape index (κ3) is 6.64. The van der Waals surface area contributed by atoms with Crippen molar-refractivity contribution in [2.24, 2.45) is 0 Å². The molecule has 1 saturated heterocycles. The molecule has 5 rings (SSSR count). The van der Waals surface area contributed by atoms with Crippen LogP contribution in [0, 0.1) is 0 Å². The van der Waals surface area contributed by atoms with E-state index in [1.807, 2.05) is 17.0 Å². The molecule has 2 atom stereocenters. The Hall–Kier alpha value is -3.65. The SMILES string of the molecule is CN(C)C(=O)CC1CN(S(=O)(=O)c2cc3ccc(Cl)cc3s2)CC(CC(=O)N(C)C)N1c1ncc(-c2ccncc2)cn1. The number of thiophene rings is 1. The fourth-order valence-corrected chi connectivity index (χ4v) is 8.36. The summed E-state index contributed by atoms with van der Waals surface area (Å²) in [7, 11) is 2.63. The van der Waals surface area contributed by atoms with Gasteiger partial charge >= 0.3 is 0 Å². The molecule has 2 amide bonds. The minimum Gasteiger partial charge on any atom is -0.349 e. The molecule has 0 N–H and O–H groups in total. The molecule has 2 unspecified atom stereocenters. The van der Waals surface area contributed by atoms with Crippen LogP contribution < -0.4 is 4.90 Å². The van der Waals surface area contributed by atoms with Crippen molar-refractivity contribution in [1.82, 2.24) is 29.1 Å². The van der Waals surface area contributed by atoms with Crippen LogP contribution >= 0.6 is 22.9 Å². The van der Waals surface area contributed by atoms with Gasteiger partial charge in [0.25, 0.3) is 10.0 Å². The zero-order valence-corrected chi connectivity index (χ0v) is 26.6. The summed E-state index contributed by atoms with van der Waals surface area (Å²) in [5, 5.41) is 1.29. The largest absolute Gasteiger partial charge is 0.349 e. The maximum Gasteiger partial charge on any atom is 0.252 e. The molecule has 11 nitrogen and oxygen atoms in total. The molecule has 4 aromatic rings. The molecule has 226 valence electrons. The summed E-state index contributed by atoms with van der Waals surface area (Å²) in [4.78, 5) is 44.2. The monoisotopic (exact) mass is 641 g/mol. The van der Waals surface area contributed by atoms with Crippen LogP contribution in [0.1, 0.15) is 12.8 Å². The van der Waals surface area contributed by atoms with Crippen LogP contribution in [0.15, 0.2) is 65.4 Å². The van der Waals surface area contributed by atoms with Crippen LogP contribution in [0.5, 0.6) is 0 Å². The lowest BCUT2D eigenvalue weighted by Gasteiger charge is -2.46. The standard InChI is InChI=1S/C29H32ClN7O4S2/c1-34(2)26(38)13-23-17-36(43(40,41)28-11-20-5-6-22(30)12-25(20)42-28)18-24(14-27(39)35(3)4)37(23)29-32-15-21(16-33-29)19-7-9-31-10-8-19/h5-12,15-16,23-24H,13-14,17-18H2,1-4H3. The van der Waals surface area contributed by atoms with Crippen LogP contribution in [0.2, 0.25) is 5.02 Å². The van der Waals surface area contributed by atoms with Gasteiger partial charge in [0.1, 0.15) is 4.21 Å². The van der Waals surface area contributed by atoms with Crippen LogP contribution in [0.3, 0.4) is 0 Å². The first-order valence-corrected chi connectivity index (χ1v) is 16.2. The number of carbonyl (C=O) groups is 2. The third-order valence-corrected chi connectivity index (χ3v) is 11.0. The van der Waals surface area contributed by atoms with Crippen molar-refractivity contribution in [2.45, 2.75) is 29.1 Å². The minimum atomic E-state index is -3.98. The smallest absolute Gasteiger partial charge is 0.252 e. The molecule has 14 heteroatoms. The van der Waals surface area contributed by atoms with Gasteiger partial charge < -0.3 is 14.7 Å². The van der Waals surface area contributed by atoms with Crippen molar-refractivity contribution < 1.29 is 18.0 Å². The fourth-order valence-electron chi connectivity index (χ4n) is 5.02. The Labute approximate surface area is 259 Å². The highest BCUT2D eigenvalue weighted by atomic mass is 35.5. The van der Waals surface area contributed by atoms with E-state index < -0.39 is 22.1 Å². The number of nitrogens with zero attached hydrogens (tertiary/aromatic N) is 7. The highest BCUT2D eigenvalue weighted by molar-refractivity contribution is 7.91. The first-order valence-electron chi connectivity index (χ1n) is 13.5. The Balaban J connectivity index is 1.55. The summed E-state index contributed by atoms with van der Waals surface area (Å²) in [6.45, 7) is 0.0259. The first-order chi connectivity index (χ1) is 20.4. The normalized spacial score (nSPS) is 17.7. The quantitative estimate of drug-likeness (QED) is 0.286. The lowest BCUT2D eigenvalue weighted by atomic mass is 10.0. The maximum absolute atomic E-state index is 14.1. The molecule has 0 saturated carbocycles. The number of carbonyl (C=O) groups excluding carboxylic acids is 2. The summed E-state index contributed by atoms with van der Waals surface area (Å²) in [5.41, 5.74) is 1.67. The van der Waals surface area contributed by atoms with Crippen LogP contribution in [-0.4, -0.2) is 103 Å². The van der Waals surface area contributed by atoms with Crippen molar-refractivity contribution in [3.63, 3.8) is 0 Å². The summed E-state index contributed by atoms with van der Waals surface area (Å²) in [5.74, 6) is -0.0480. The molecule has 0 spiro atoms. The molecule has 1 aromatic carbocycles. The average molecular weight is 642 g/mol. The number of benzene rings is 1. The van der Waals surface area contributed by atoms with E-state index in [9.17, 15) is 18.0 Å². The van der Waals surface area contributed by atoms with Crippen LogP contribution in [0.4, 0.5) is 5.95 Å². The van der Waals surface area contributed by atoms with Crippen molar-refractivity contribution in [1.29, 1.82) is 0 Å². The number of pyridine rings is 1. The number of piperazine rings is 1. The van der Waals surface area contributed by atoms with Gasteiger partial charge in [-0.05, 0) is 41.3 Å². The predicted octanol–water partition coefficient (Wildman–Crippen LogP) is 3.61. The lowest BCUT2D eigenvalue weighted by molar-refractivity contribution is -0.129. The van der Waals surface area contributed by atoms with E-state index in [1.54, 1.807) is 77.2 Å². The molecule has 1 fully saturated rings. The van der Waals surface area contributed by atoms with E-state index in [1.165, 1.54) is 14.1 Å². The molecule has 43 heavy (non-hydrogen) atoms. The van der Waals surface area contributed by atoms with Crippen molar-refractivity contribution >= 4 is 60.8 Å². The Bertz CT molecular complexity index is 1700.